The third kappa shape index (κ3) is 5.13. The van der Waals surface area contributed by atoms with Crippen LogP contribution in [0.1, 0.15) is 65.7 Å². The Morgan fingerprint density at radius 3 is 2.67 bits per heavy atom. The molecular formula is C28H44N2O5S. The predicted molar refractivity (Wildman–Crippen MR) is 143 cm³/mol. The largest absolute Gasteiger partial charge is 0.465 e. The molecule has 7 nitrogen and oxygen atoms in total. The molecule has 36 heavy (non-hydrogen) atoms. The van der Waals surface area contributed by atoms with Crippen molar-refractivity contribution < 1.29 is 24.2 Å². The van der Waals surface area contributed by atoms with Crippen molar-refractivity contribution in [1.29, 1.82) is 0 Å². The van der Waals surface area contributed by atoms with E-state index in [2.05, 4.69) is 27.0 Å². The highest BCUT2D eigenvalue weighted by Crippen LogP contribution is 2.69. The van der Waals surface area contributed by atoms with Gasteiger partial charge in [-0.2, -0.15) is 0 Å². The lowest BCUT2D eigenvalue weighted by atomic mass is 9.66. The molecular weight excluding hydrogens is 476 g/mol. The van der Waals surface area contributed by atoms with Crippen molar-refractivity contribution in [2.45, 2.75) is 87.8 Å². The van der Waals surface area contributed by atoms with E-state index in [-0.39, 0.29) is 35.6 Å². The summed E-state index contributed by atoms with van der Waals surface area (Å²) in [6.07, 6.45) is 9.82. The molecule has 1 N–H and O–H groups in total. The molecule has 202 valence electrons. The summed E-state index contributed by atoms with van der Waals surface area (Å²) in [7, 11) is 0. The number of nitrogens with zero attached hydrogens (tertiary/aromatic N) is 2. The molecule has 2 bridgehead atoms. The van der Waals surface area contributed by atoms with Gasteiger partial charge in [-0.3, -0.25) is 14.4 Å². The van der Waals surface area contributed by atoms with Gasteiger partial charge in [-0.05, 0) is 44.9 Å². The van der Waals surface area contributed by atoms with Gasteiger partial charge in [0.1, 0.15) is 6.04 Å². The van der Waals surface area contributed by atoms with Gasteiger partial charge < -0.3 is 19.6 Å². The molecule has 3 unspecified atom stereocenters. The van der Waals surface area contributed by atoms with Crippen molar-refractivity contribution in [2.75, 3.05) is 26.3 Å². The predicted octanol–water partition coefficient (Wildman–Crippen LogP) is 3.81. The first-order valence-electron chi connectivity index (χ1n) is 13.6. The summed E-state index contributed by atoms with van der Waals surface area (Å²) in [5.74, 6) is -1.70. The minimum Gasteiger partial charge on any atom is -0.465 e. The molecule has 0 radical (unpaired) electrons. The summed E-state index contributed by atoms with van der Waals surface area (Å²) in [5, 5.41) is 10.0. The maximum absolute atomic E-state index is 14.2. The Hall–Kier alpha value is -1.80. The maximum atomic E-state index is 14.2. The molecule has 3 aliphatic heterocycles. The number of aliphatic hydroxyl groups excluding tert-OH is 1. The third-order valence-corrected chi connectivity index (χ3v) is 10.2. The molecule has 0 aromatic heterocycles. The fourth-order valence-electron chi connectivity index (χ4n) is 6.40. The number of hydrogen-bond acceptors (Lipinski definition) is 6. The molecule has 1 spiro atoms. The van der Waals surface area contributed by atoms with Crippen molar-refractivity contribution in [3.05, 3.63) is 25.3 Å². The minimum absolute atomic E-state index is 0.0375. The molecule has 3 rings (SSSR count). The van der Waals surface area contributed by atoms with E-state index >= 15 is 0 Å². The lowest BCUT2D eigenvalue weighted by Gasteiger charge is -2.41. The van der Waals surface area contributed by atoms with Crippen molar-refractivity contribution in [2.24, 2.45) is 17.8 Å². The lowest BCUT2D eigenvalue weighted by Crippen LogP contribution is -2.59. The van der Waals surface area contributed by atoms with E-state index in [1.807, 2.05) is 6.08 Å². The van der Waals surface area contributed by atoms with Crippen LogP contribution < -0.4 is 0 Å². The van der Waals surface area contributed by atoms with Crippen LogP contribution >= 0.6 is 11.8 Å². The van der Waals surface area contributed by atoms with Crippen LogP contribution in [0.2, 0.25) is 0 Å². The van der Waals surface area contributed by atoms with Crippen LogP contribution in [0.4, 0.5) is 0 Å². The first-order chi connectivity index (χ1) is 17.3. The van der Waals surface area contributed by atoms with Gasteiger partial charge in [0.2, 0.25) is 11.8 Å². The second kappa shape index (κ2) is 12.6. The summed E-state index contributed by atoms with van der Waals surface area (Å²) in [6, 6.07) is -1.23. The highest BCUT2D eigenvalue weighted by atomic mass is 32.2. The van der Waals surface area contributed by atoms with Gasteiger partial charge in [0.05, 0.1) is 35.8 Å². The molecule has 0 aromatic carbocycles. The molecule has 2 amide bonds. The van der Waals surface area contributed by atoms with Gasteiger partial charge >= 0.3 is 5.97 Å². The van der Waals surface area contributed by atoms with Crippen LogP contribution in [-0.4, -0.2) is 81.1 Å². The third-order valence-electron chi connectivity index (χ3n) is 8.17. The molecule has 3 fully saturated rings. The number of hydrogen-bond donors (Lipinski definition) is 1. The zero-order valence-corrected chi connectivity index (χ0v) is 23.0. The number of carbonyl (C=O) groups is 3. The number of ether oxygens (including phenoxy) is 1. The van der Waals surface area contributed by atoms with Gasteiger partial charge in [0.15, 0.2) is 0 Å². The van der Waals surface area contributed by atoms with Crippen LogP contribution in [0.5, 0.6) is 0 Å². The normalized spacial score (nSPS) is 31.3. The average Bonchev–Trinajstić information content (AvgIpc) is 3.46. The zero-order chi connectivity index (χ0) is 26.5. The SMILES string of the molecule is C=CCCCCOC(=O)[C@@H]1[C@H]2C(=O)N([C@H](C)CO)C(C(=O)N(CC=C)CCCCC)C23S[C@@H]1CC3C. The number of thioether (sulfide) groups is 1. The summed E-state index contributed by atoms with van der Waals surface area (Å²) < 4.78 is 4.97. The number of likely N-dealkylation sites (tertiary alicyclic amines) is 1. The number of amides is 2. The Labute approximate surface area is 220 Å². The van der Waals surface area contributed by atoms with Crippen molar-refractivity contribution >= 4 is 29.5 Å². The molecule has 3 saturated heterocycles. The van der Waals surface area contributed by atoms with E-state index in [9.17, 15) is 19.5 Å². The maximum Gasteiger partial charge on any atom is 0.310 e. The highest BCUT2D eigenvalue weighted by Gasteiger charge is 2.76. The molecule has 3 heterocycles. The number of aliphatic hydroxyl groups is 1. The Morgan fingerprint density at radius 2 is 2.03 bits per heavy atom. The van der Waals surface area contributed by atoms with E-state index in [0.29, 0.717) is 19.7 Å². The van der Waals surface area contributed by atoms with Crippen LogP contribution in [0.15, 0.2) is 25.3 Å². The molecule has 0 saturated carbocycles. The van der Waals surface area contributed by atoms with E-state index in [0.717, 1.165) is 44.9 Å². The Balaban J connectivity index is 1.93. The fourth-order valence-corrected chi connectivity index (χ4v) is 8.79. The first kappa shape index (κ1) is 28.8. The Morgan fingerprint density at radius 1 is 1.28 bits per heavy atom. The number of carbonyl (C=O) groups excluding carboxylic acids is 3. The monoisotopic (exact) mass is 520 g/mol. The van der Waals surface area contributed by atoms with E-state index in [1.54, 1.807) is 34.6 Å². The smallest absolute Gasteiger partial charge is 0.310 e. The van der Waals surface area contributed by atoms with Gasteiger partial charge in [0.25, 0.3) is 0 Å². The number of unbranched alkanes of at least 4 members (excludes halogenated alkanes) is 4. The highest BCUT2D eigenvalue weighted by molar-refractivity contribution is 8.02. The molecule has 0 aromatic rings. The minimum atomic E-state index is -0.714. The Bertz CT molecular complexity index is 835. The van der Waals surface area contributed by atoms with E-state index in [4.69, 9.17) is 4.74 Å². The van der Waals surface area contributed by atoms with Crippen molar-refractivity contribution in [3.8, 4) is 0 Å². The average molecular weight is 521 g/mol. The number of rotatable bonds is 15. The van der Waals surface area contributed by atoms with Crippen molar-refractivity contribution in [3.63, 3.8) is 0 Å². The standard InChI is InChI=1S/C28H44N2O5S/c1-6-9-11-13-16-35-27(34)22-21-17-19(4)28(36-21)23(22)25(32)30(20(5)18-31)24(28)26(33)29(14-8-3)15-12-10-7-2/h6,8,19-24,31H,1,3,7,9-18H2,2,4-5H3/t19?,20-,21-,22+,23+,24?,28?/m1/s1. The summed E-state index contributed by atoms with van der Waals surface area (Å²) in [6.45, 7) is 14.7. The van der Waals surface area contributed by atoms with Crippen LogP contribution in [0.25, 0.3) is 0 Å². The topological polar surface area (TPSA) is 87.1 Å². The van der Waals surface area contributed by atoms with Gasteiger partial charge in [-0.1, -0.05) is 38.8 Å². The van der Waals surface area contributed by atoms with Gasteiger partial charge in [-0.25, -0.2) is 0 Å². The van der Waals surface area contributed by atoms with Crippen LogP contribution in [0, 0.1) is 17.8 Å². The number of fused-ring (bicyclic) bond motifs is 1. The van der Waals surface area contributed by atoms with Crippen molar-refractivity contribution in [1.82, 2.24) is 9.80 Å². The molecule has 0 aliphatic carbocycles. The lowest BCUT2D eigenvalue weighted by molar-refractivity contribution is -0.155. The van der Waals surface area contributed by atoms with Crippen LogP contribution in [-0.2, 0) is 19.1 Å². The second-order valence-electron chi connectivity index (χ2n) is 10.6. The fraction of sp³-hybridized carbons (Fsp3) is 0.750. The summed E-state index contributed by atoms with van der Waals surface area (Å²) >= 11 is 1.65. The van der Waals surface area contributed by atoms with Gasteiger partial charge in [0, 0.05) is 18.3 Å². The molecule has 3 aliphatic rings. The Kier molecular flexibility index (Phi) is 10.1. The summed E-state index contributed by atoms with van der Waals surface area (Å²) in [5.41, 5.74) is 0. The number of allylic oxidation sites excluding steroid dienone is 1. The van der Waals surface area contributed by atoms with Crippen LogP contribution in [0.3, 0.4) is 0 Å². The van der Waals surface area contributed by atoms with E-state index < -0.39 is 28.7 Å². The molecule has 7 atom stereocenters. The molecule has 8 heteroatoms. The first-order valence-corrected chi connectivity index (χ1v) is 14.5. The zero-order valence-electron chi connectivity index (χ0n) is 22.2. The van der Waals surface area contributed by atoms with Gasteiger partial charge in [-0.15, -0.1) is 24.9 Å². The second-order valence-corrected chi connectivity index (χ2v) is 12.1. The quantitative estimate of drug-likeness (QED) is 0.201. The van der Waals surface area contributed by atoms with E-state index in [1.165, 1.54) is 0 Å². The number of esters is 1. The summed E-state index contributed by atoms with van der Waals surface area (Å²) in [4.78, 5) is 44.9.